The van der Waals surface area contributed by atoms with Crippen molar-refractivity contribution in [2.24, 2.45) is 0 Å². The average molecular weight is 495 g/mol. The Labute approximate surface area is 201 Å². The highest BCUT2D eigenvalue weighted by molar-refractivity contribution is 7.47. The molecule has 0 aromatic carbocycles. The Morgan fingerprint density at radius 3 is 2.09 bits per heavy atom. The molecule has 0 bridgehead atoms. The average Bonchev–Trinajstić information content (AvgIpc) is 2.73. The number of rotatable bonds is 22. The van der Waals surface area contributed by atoms with Crippen LogP contribution in [0.15, 0.2) is 12.2 Å². The predicted octanol–water partition coefficient (Wildman–Crippen LogP) is 4.99. The molecule has 0 saturated carbocycles. The molecular weight excluding hydrogens is 445 g/mol. The standard InChI is InChI=1S/C24H48NO7P/c1-5-6-7-8-9-10-11-12-13-14-15-16-17-18-24(27)30-21-23(26)22-32-33(28,29)31-20-19-25(2,3)4/h12-13,23,26H,5-11,14-22H2,1-4H3/p+1/b13-12+/t23-/m1/s1. The maximum Gasteiger partial charge on any atom is 0.472 e. The molecule has 0 spiro atoms. The van der Waals surface area contributed by atoms with Gasteiger partial charge in [-0.1, -0.05) is 57.6 Å². The molecule has 0 aliphatic heterocycles. The van der Waals surface area contributed by atoms with Gasteiger partial charge in [-0.25, -0.2) is 4.57 Å². The highest BCUT2D eigenvalue weighted by atomic mass is 31.2. The summed E-state index contributed by atoms with van der Waals surface area (Å²) in [6.45, 7) is 2.09. The van der Waals surface area contributed by atoms with Crippen LogP contribution < -0.4 is 0 Å². The number of phosphoric acid groups is 1. The van der Waals surface area contributed by atoms with Crippen LogP contribution in [0.25, 0.3) is 0 Å². The second kappa shape index (κ2) is 19.5. The summed E-state index contributed by atoms with van der Waals surface area (Å²) in [5.74, 6) is -0.390. The Bertz CT molecular complexity index is 564. The van der Waals surface area contributed by atoms with Gasteiger partial charge in [0.2, 0.25) is 0 Å². The van der Waals surface area contributed by atoms with Crippen molar-refractivity contribution in [2.75, 3.05) is 47.5 Å². The van der Waals surface area contributed by atoms with Crippen molar-refractivity contribution >= 4 is 13.8 Å². The van der Waals surface area contributed by atoms with E-state index in [-0.39, 0.29) is 19.2 Å². The fourth-order valence-electron chi connectivity index (χ4n) is 2.94. The highest BCUT2D eigenvalue weighted by Gasteiger charge is 2.24. The van der Waals surface area contributed by atoms with E-state index in [2.05, 4.69) is 19.1 Å². The first-order chi connectivity index (χ1) is 15.6. The van der Waals surface area contributed by atoms with Crippen molar-refractivity contribution in [2.45, 2.75) is 90.1 Å². The zero-order chi connectivity index (χ0) is 25.0. The molecule has 0 fully saturated rings. The van der Waals surface area contributed by atoms with Gasteiger partial charge in [0.1, 0.15) is 25.9 Å². The molecule has 33 heavy (non-hydrogen) atoms. The van der Waals surface area contributed by atoms with Crippen molar-refractivity contribution in [3.05, 3.63) is 12.2 Å². The molecule has 8 nitrogen and oxygen atoms in total. The second-order valence-electron chi connectivity index (χ2n) is 9.58. The minimum Gasteiger partial charge on any atom is -0.463 e. The van der Waals surface area contributed by atoms with Gasteiger partial charge in [0.25, 0.3) is 0 Å². The number of aliphatic hydroxyl groups is 1. The van der Waals surface area contributed by atoms with Gasteiger partial charge >= 0.3 is 13.8 Å². The third kappa shape index (κ3) is 24.2. The lowest BCUT2D eigenvalue weighted by molar-refractivity contribution is -0.870. The van der Waals surface area contributed by atoms with Gasteiger partial charge in [-0.2, -0.15) is 0 Å². The lowest BCUT2D eigenvalue weighted by Gasteiger charge is -2.24. The number of carbonyl (C=O) groups is 1. The summed E-state index contributed by atoms with van der Waals surface area (Å²) in [6.07, 6.45) is 16.4. The van der Waals surface area contributed by atoms with Crippen molar-refractivity contribution in [1.29, 1.82) is 0 Å². The smallest absolute Gasteiger partial charge is 0.463 e. The summed E-state index contributed by atoms with van der Waals surface area (Å²) in [6, 6.07) is 0. The van der Waals surface area contributed by atoms with Crippen LogP contribution in [0, 0.1) is 0 Å². The van der Waals surface area contributed by atoms with Crippen molar-refractivity contribution < 1.29 is 37.6 Å². The van der Waals surface area contributed by atoms with Gasteiger partial charge < -0.3 is 19.2 Å². The molecule has 0 amide bonds. The molecule has 0 radical (unpaired) electrons. The molecule has 2 N–H and O–H groups in total. The van der Waals surface area contributed by atoms with Gasteiger partial charge in [-0.3, -0.25) is 13.8 Å². The number of unbranched alkanes of at least 4 members (excludes halogenated alkanes) is 9. The first-order valence-electron chi connectivity index (χ1n) is 12.5. The molecule has 2 atom stereocenters. The number of ether oxygens (including phenoxy) is 1. The summed E-state index contributed by atoms with van der Waals surface area (Å²) in [5, 5.41) is 9.80. The van der Waals surface area contributed by atoms with E-state index in [9.17, 15) is 19.4 Å². The fraction of sp³-hybridized carbons (Fsp3) is 0.875. The number of esters is 1. The zero-order valence-corrected chi connectivity index (χ0v) is 22.3. The van der Waals surface area contributed by atoms with Crippen LogP contribution in [-0.4, -0.2) is 74.1 Å². The van der Waals surface area contributed by atoms with E-state index in [0.29, 0.717) is 17.4 Å². The van der Waals surface area contributed by atoms with Crippen molar-refractivity contribution in [3.63, 3.8) is 0 Å². The van der Waals surface area contributed by atoms with Gasteiger partial charge in [-0.15, -0.1) is 0 Å². The first kappa shape index (κ1) is 32.2. The molecule has 0 aromatic rings. The van der Waals surface area contributed by atoms with Crippen LogP contribution >= 0.6 is 7.82 Å². The summed E-state index contributed by atoms with van der Waals surface area (Å²) >= 11 is 0. The molecule has 1 unspecified atom stereocenters. The minimum atomic E-state index is -4.24. The van der Waals surface area contributed by atoms with E-state index < -0.39 is 20.5 Å². The molecule has 196 valence electrons. The van der Waals surface area contributed by atoms with E-state index in [1.54, 1.807) is 0 Å². The number of quaternary nitrogens is 1. The normalized spacial score (nSPS) is 15.0. The van der Waals surface area contributed by atoms with Crippen molar-refractivity contribution in [1.82, 2.24) is 0 Å². The van der Waals surface area contributed by atoms with Gasteiger partial charge in [0.15, 0.2) is 0 Å². The maximum atomic E-state index is 11.8. The maximum absolute atomic E-state index is 11.8. The second-order valence-corrected chi connectivity index (χ2v) is 11.0. The number of hydrogen-bond acceptors (Lipinski definition) is 6. The topological polar surface area (TPSA) is 102 Å². The zero-order valence-electron chi connectivity index (χ0n) is 21.4. The third-order valence-electron chi connectivity index (χ3n) is 5.03. The SMILES string of the molecule is CCCCCCCC/C=C/CCCCCC(=O)OC[C@@H](O)COP(=O)(O)OCC[N+](C)(C)C. The predicted molar refractivity (Wildman–Crippen MR) is 132 cm³/mol. The summed E-state index contributed by atoms with van der Waals surface area (Å²) in [4.78, 5) is 21.4. The number of hydrogen-bond donors (Lipinski definition) is 2. The monoisotopic (exact) mass is 494 g/mol. The molecule has 0 saturated heterocycles. The highest BCUT2D eigenvalue weighted by Crippen LogP contribution is 2.43. The Hall–Kier alpha value is -0.760. The molecule has 0 heterocycles. The number of nitrogens with zero attached hydrogens (tertiary/aromatic N) is 1. The third-order valence-corrected chi connectivity index (χ3v) is 6.01. The van der Waals surface area contributed by atoms with Crippen LogP contribution in [0.4, 0.5) is 0 Å². The van der Waals surface area contributed by atoms with E-state index in [0.717, 1.165) is 32.1 Å². The summed E-state index contributed by atoms with van der Waals surface area (Å²) < 4.78 is 27.0. The quantitative estimate of drug-likeness (QED) is 0.0719. The van der Waals surface area contributed by atoms with Crippen LogP contribution in [0.1, 0.15) is 84.0 Å². The number of carbonyl (C=O) groups excluding carboxylic acids is 1. The number of allylic oxidation sites excluding steroid dienone is 2. The lowest BCUT2D eigenvalue weighted by Crippen LogP contribution is -2.37. The van der Waals surface area contributed by atoms with Crippen LogP contribution in [-0.2, 0) is 23.1 Å². The molecule has 0 aliphatic carbocycles. The number of likely N-dealkylation sites (N-methyl/N-ethyl adjacent to an activating group) is 1. The fourth-order valence-corrected chi connectivity index (χ4v) is 3.69. The Kier molecular flexibility index (Phi) is 19.1. The first-order valence-corrected chi connectivity index (χ1v) is 14.0. The molecular formula is C24H49NO7P+. The number of aliphatic hydroxyl groups excluding tert-OH is 1. The molecule has 0 aromatic heterocycles. The molecule has 0 rings (SSSR count). The Morgan fingerprint density at radius 1 is 0.909 bits per heavy atom. The van der Waals surface area contributed by atoms with E-state index >= 15 is 0 Å². The summed E-state index contributed by atoms with van der Waals surface area (Å²) in [5.41, 5.74) is 0. The molecule has 0 aliphatic rings. The Morgan fingerprint density at radius 2 is 1.48 bits per heavy atom. The van der Waals surface area contributed by atoms with E-state index in [1.807, 2.05) is 21.1 Å². The lowest BCUT2D eigenvalue weighted by atomic mass is 10.1. The van der Waals surface area contributed by atoms with E-state index in [1.165, 1.54) is 38.5 Å². The van der Waals surface area contributed by atoms with Crippen LogP contribution in [0.5, 0.6) is 0 Å². The van der Waals surface area contributed by atoms with Gasteiger partial charge in [0, 0.05) is 6.42 Å². The summed E-state index contributed by atoms with van der Waals surface area (Å²) in [7, 11) is 1.55. The van der Waals surface area contributed by atoms with E-state index in [4.69, 9.17) is 13.8 Å². The van der Waals surface area contributed by atoms with Gasteiger partial charge in [-0.05, 0) is 32.1 Å². The number of phosphoric ester groups is 1. The van der Waals surface area contributed by atoms with Crippen LogP contribution in [0.2, 0.25) is 0 Å². The largest absolute Gasteiger partial charge is 0.472 e. The van der Waals surface area contributed by atoms with Crippen molar-refractivity contribution in [3.8, 4) is 0 Å². The molecule has 9 heteroatoms. The van der Waals surface area contributed by atoms with Gasteiger partial charge in [0.05, 0.1) is 27.7 Å². The van der Waals surface area contributed by atoms with Crippen LogP contribution in [0.3, 0.4) is 0 Å². The minimum absolute atomic E-state index is 0.0529. The Balaban J connectivity index is 3.65.